The van der Waals surface area contributed by atoms with Gasteiger partial charge in [-0.1, -0.05) is 18.2 Å². The second-order valence-corrected chi connectivity index (χ2v) is 4.12. The number of furan rings is 1. The molecule has 2 aromatic rings. The van der Waals surface area contributed by atoms with E-state index < -0.39 is 0 Å². The van der Waals surface area contributed by atoms with Crippen molar-refractivity contribution in [3.05, 3.63) is 59.8 Å². The van der Waals surface area contributed by atoms with Crippen LogP contribution in [0.4, 0.5) is 4.39 Å². The number of rotatable bonds is 4. The molecule has 0 amide bonds. The van der Waals surface area contributed by atoms with Crippen LogP contribution in [0.2, 0.25) is 0 Å². The lowest BCUT2D eigenvalue weighted by atomic mass is 10.2. The number of hydrogen-bond donors (Lipinski definition) is 2. The van der Waals surface area contributed by atoms with Crippen LogP contribution in [-0.4, -0.2) is 5.11 Å². The molecule has 0 bridgehead atoms. The van der Waals surface area contributed by atoms with Gasteiger partial charge < -0.3 is 15.1 Å². The van der Waals surface area contributed by atoms with Crippen LogP contribution in [0.5, 0.6) is 0 Å². The van der Waals surface area contributed by atoms with E-state index >= 15 is 0 Å². The molecule has 3 nitrogen and oxygen atoms in total. The van der Waals surface area contributed by atoms with Gasteiger partial charge in [0.05, 0.1) is 12.8 Å². The van der Waals surface area contributed by atoms with Gasteiger partial charge in [0, 0.05) is 12.1 Å². The molecule has 0 unspecified atom stereocenters. The van der Waals surface area contributed by atoms with Gasteiger partial charge in [-0.15, -0.1) is 0 Å². The predicted octanol–water partition coefficient (Wildman–Crippen LogP) is 2.58. The molecule has 1 heterocycles. The van der Waals surface area contributed by atoms with Crippen molar-refractivity contribution in [2.75, 3.05) is 0 Å². The second-order valence-electron chi connectivity index (χ2n) is 3.71. The maximum atomic E-state index is 13.3. The lowest BCUT2D eigenvalue weighted by molar-refractivity contribution is 0.502. The first kappa shape index (κ1) is 12.6. The third-order valence-corrected chi connectivity index (χ3v) is 2.69. The molecule has 2 rings (SSSR count). The van der Waals surface area contributed by atoms with Gasteiger partial charge in [-0.2, -0.15) is 0 Å². The third kappa shape index (κ3) is 3.56. The van der Waals surface area contributed by atoms with E-state index in [1.165, 1.54) is 6.07 Å². The zero-order valence-electron chi connectivity index (χ0n) is 9.65. The Balaban J connectivity index is 1.77. The third-order valence-electron chi connectivity index (χ3n) is 2.40. The molecule has 0 saturated carbocycles. The first-order valence-corrected chi connectivity index (χ1v) is 5.94. The summed E-state index contributed by atoms with van der Waals surface area (Å²) >= 11 is 5.08. The molecule has 94 valence electrons. The van der Waals surface area contributed by atoms with Crippen LogP contribution in [0.3, 0.4) is 0 Å². The molecule has 5 heteroatoms. The summed E-state index contributed by atoms with van der Waals surface area (Å²) in [6.45, 7) is 0.868. The molecular weight excluding hydrogens is 251 g/mol. The van der Waals surface area contributed by atoms with Gasteiger partial charge in [0.1, 0.15) is 11.6 Å². The summed E-state index contributed by atoms with van der Waals surface area (Å²) in [6, 6.07) is 10.3. The summed E-state index contributed by atoms with van der Waals surface area (Å²) in [6.07, 6.45) is 1.60. The maximum Gasteiger partial charge on any atom is 0.166 e. The Morgan fingerprint density at radius 1 is 1.11 bits per heavy atom. The van der Waals surface area contributed by atoms with E-state index in [1.54, 1.807) is 24.5 Å². The van der Waals surface area contributed by atoms with Gasteiger partial charge in [0.2, 0.25) is 0 Å². The summed E-state index contributed by atoms with van der Waals surface area (Å²) in [4.78, 5) is 0. The second kappa shape index (κ2) is 6.16. The van der Waals surface area contributed by atoms with Crippen LogP contribution in [0.1, 0.15) is 11.3 Å². The minimum absolute atomic E-state index is 0.237. The van der Waals surface area contributed by atoms with Crippen molar-refractivity contribution in [1.29, 1.82) is 0 Å². The number of benzene rings is 1. The summed E-state index contributed by atoms with van der Waals surface area (Å²) in [5.41, 5.74) is 0.583. The first-order valence-electron chi connectivity index (χ1n) is 5.53. The van der Waals surface area contributed by atoms with Crippen LogP contribution in [-0.2, 0) is 13.1 Å². The molecule has 0 saturated heterocycles. The zero-order chi connectivity index (χ0) is 12.8. The molecule has 0 aliphatic heterocycles. The van der Waals surface area contributed by atoms with Crippen LogP contribution in [0.15, 0.2) is 47.1 Å². The Labute approximate surface area is 110 Å². The molecule has 0 radical (unpaired) electrons. The van der Waals surface area contributed by atoms with E-state index in [-0.39, 0.29) is 5.82 Å². The highest BCUT2D eigenvalue weighted by Gasteiger charge is 2.02. The SMILES string of the molecule is Fc1ccccc1CNC(=S)NCc1ccco1. The molecule has 0 atom stereocenters. The van der Waals surface area contributed by atoms with E-state index in [4.69, 9.17) is 16.6 Å². The molecule has 0 aliphatic rings. The Morgan fingerprint density at radius 2 is 1.89 bits per heavy atom. The van der Waals surface area contributed by atoms with Crippen molar-refractivity contribution >= 4 is 17.3 Å². The number of hydrogen-bond acceptors (Lipinski definition) is 2. The molecule has 2 N–H and O–H groups in total. The van der Waals surface area contributed by atoms with Gasteiger partial charge in [0.15, 0.2) is 5.11 Å². The Bertz CT molecular complexity index is 513. The van der Waals surface area contributed by atoms with Crippen LogP contribution in [0, 0.1) is 5.82 Å². The molecule has 0 fully saturated rings. The van der Waals surface area contributed by atoms with E-state index in [2.05, 4.69) is 10.6 Å². The maximum absolute atomic E-state index is 13.3. The van der Waals surface area contributed by atoms with E-state index in [1.807, 2.05) is 12.1 Å². The monoisotopic (exact) mass is 264 g/mol. The van der Waals surface area contributed by atoms with E-state index in [9.17, 15) is 4.39 Å². The van der Waals surface area contributed by atoms with Gasteiger partial charge >= 0.3 is 0 Å². The zero-order valence-corrected chi connectivity index (χ0v) is 10.5. The smallest absolute Gasteiger partial charge is 0.166 e. The minimum Gasteiger partial charge on any atom is -0.467 e. The van der Waals surface area contributed by atoms with Crippen molar-refractivity contribution < 1.29 is 8.81 Å². The van der Waals surface area contributed by atoms with E-state index in [0.717, 1.165) is 5.76 Å². The van der Waals surface area contributed by atoms with Crippen LogP contribution < -0.4 is 10.6 Å². The van der Waals surface area contributed by atoms with Gasteiger partial charge in [-0.3, -0.25) is 0 Å². The van der Waals surface area contributed by atoms with Crippen molar-refractivity contribution in [3.63, 3.8) is 0 Å². The summed E-state index contributed by atoms with van der Waals surface area (Å²) in [5, 5.41) is 6.39. The number of halogens is 1. The lowest BCUT2D eigenvalue weighted by Crippen LogP contribution is -2.34. The van der Waals surface area contributed by atoms with Crippen molar-refractivity contribution in [3.8, 4) is 0 Å². The minimum atomic E-state index is -0.237. The topological polar surface area (TPSA) is 37.2 Å². The predicted molar refractivity (Wildman–Crippen MR) is 71.4 cm³/mol. The standard InChI is InChI=1S/C13H13FN2OS/c14-12-6-2-1-4-10(12)8-15-13(18)16-9-11-5-3-7-17-11/h1-7H,8-9H2,(H2,15,16,18). The fourth-order valence-electron chi connectivity index (χ4n) is 1.46. The molecule has 18 heavy (non-hydrogen) atoms. The lowest BCUT2D eigenvalue weighted by Gasteiger charge is -2.09. The average Bonchev–Trinajstić information content (AvgIpc) is 2.88. The fraction of sp³-hybridized carbons (Fsp3) is 0.154. The Kier molecular flexibility index (Phi) is 4.30. The molecule has 1 aromatic heterocycles. The van der Waals surface area contributed by atoms with Gasteiger partial charge in [-0.05, 0) is 30.4 Å². The first-order chi connectivity index (χ1) is 8.75. The van der Waals surface area contributed by atoms with Crippen molar-refractivity contribution in [1.82, 2.24) is 10.6 Å². The number of thiocarbonyl (C=S) groups is 1. The molecular formula is C13H13FN2OS. The van der Waals surface area contributed by atoms with Crippen LogP contribution >= 0.6 is 12.2 Å². The fourth-order valence-corrected chi connectivity index (χ4v) is 1.60. The number of nitrogens with one attached hydrogen (secondary N) is 2. The summed E-state index contributed by atoms with van der Waals surface area (Å²) in [5.74, 6) is 0.559. The quantitative estimate of drug-likeness (QED) is 0.832. The molecule has 1 aromatic carbocycles. The Hall–Kier alpha value is -1.88. The normalized spacial score (nSPS) is 10.1. The van der Waals surface area contributed by atoms with Gasteiger partial charge in [-0.25, -0.2) is 4.39 Å². The summed E-state index contributed by atoms with van der Waals surface area (Å²) in [7, 11) is 0. The van der Waals surface area contributed by atoms with Crippen LogP contribution in [0.25, 0.3) is 0 Å². The highest BCUT2D eigenvalue weighted by molar-refractivity contribution is 7.80. The molecule has 0 aliphatic carbocycles. The highest BCUT2D eigenvalue weighted by atomic mass is 32.1. The van der Waals surface area contributed by atoms with Crippen molar-refractivity contribution in [2.45, 2.75) is 13.1 Å². The van der Waals surface area contributed by atoms with Crippen molar-refractivity contribution in [2.24, 2.45) is 0 Å². The summed E-state index contributed by atoms with van der Waals surface area (Å²) < 4.78 is 18.5. The van der Waals surface area contributed by atoms with Gasteiger partial charge in [0.25, 0.3) is 0 Å². The van der Waals surface area contributed by atoms with E-state index in [0.29, 0.717) is 23.8 Å². The largest absolute Gasteiger partial charge is 0.467 e. The average molecular weight is 264 g/mol. The Morgan fingerprint density at radius 3 is 2.61 bits per heavy atom. The molecule has 0 spiro atoms. The highest BCUT2D eigenvalue weighted by Crippen LogP contribution is 2.05.